The van der Waals surface area contributed by atoms with Crippen molar-refractivity contribution in [1.29, 1.82) is 0 Å². The molecule has 2 aliphatic heterocycles. The van der Waals surface area contributed by atoms with E-state index in [1.54, 1.807) is 12.2 Å². The van der Waals surface area contributed by atoms with E-state index in [1.165, 1.54) is 0 Å². The van der Waals surface area contributed by atoms with E-state index in [0.29, 0.717) is 49.2 Å². The zero-order valence-electron chi connectivity index (χ0n) is 40.6. The molecule has 0 aromatic carbocycles. The van der Waals surface area contributed by atoms with Crippen LogP contribution in [0.2, 0.25) is 0 Å². The Labute approximate surface area is 384 Å². The van der Waals surface area contributed by atoms with Crippen molar-refractivity contribution in [1.82, 2.24) is 40.5 Å². The molecule has 4 rings (SSSR count). The minimum atomic E-state index is 0.0986. The first-order chi connectivity index (χ1) is 30.5. The summed E-state index contributed by atoms with van der Waals surface area (Å²) < 4.78 is 23.8. The lowest BCUT2D eigenvalue weighted by molar-refractivity contribution is -0.0233. The molecule has 0 unspecified atom stereocenters. The zero-order valence-corrected chi connectivity index (χ0v) is 40.6. The summed E-state index contributed by atoms with van der Waals surface area (Å²) in [6.07, 6.45) is 23.6. The molecule has 0 atom stereocenters. The third kappa shape index (κ3) is 21.7. The topological polar surface area (TPSA) is 187 Å². The maximum absolute atomic E-state index is 6.28. The molecule has 2 aromatic heterocycles. The van der Waals surface area contributed by atoms with Gasteiger partial charge in [-0.25, -0.2) is 9.98 Å². The van der Waals surface area contributed by atoms with E-state index in [2.05, 4.69) is 130 Å². The van der Waals surface area contributed by atoms with Crippen molar-refractivity contribution in [2.45, 2.75) is 192 Å². The standard InChI is InChI=1S/C48H82N12O4/c1-11-29-63-43-55-39(53-41(57-43)51-27-21-15-17-23-31-61-37-33-45(3,4)59-46(5,6)34-37)49-25-19-13-14-20-26-50-40-54-42(58-44(56-40)64-30-12-2)52-28-22-16-18-24-32-62-38-35-47(7,8)60-48(9,10)36-38/h11-12,25-26,37-38,59-60H,1-2,13-24,27-36H2,3-10H3,(H,51,53,55,57)(H,52,54,56,58). The van der Waals surface area contributed by atoms with Crippen LogP contribution in [0, 0.1) is 0 Å². The first kappa shape index (κ1) is 52.5. The number of aromatic nitrogens is 6. The molecule has 0 spiro atoms. The average Bonchev–Trinajstić information content (AvgIpc) is 3.20. The number of unbranched alkanes of at least 4 members (excludes halogenated alkanes) is 9. The molecule has 16 heteroatoms. The summed E-state index contributed by atoms with van der Waals surface area (Å²) in [5.41, 5.74) is 0.394. The van der Waals surface area contributed by atoms with Gasteiger partial charge in [0.25, 0.3) is 11.9 Å². The summed E-state index contributed by atoms with van der Waals surface area (Å²) >= 11 is 0. The van der Waals surface area contributed by atoms with Gasteiger partial charge in [-0.1, -0.05) is 51.0 Å². The van der Waals surface area contributed by atoms with Gasteiger partial charge in [-0.05, 0) is 132 Å². The number of hydrogen-bond donors (Lipinski definition) is 4. The molecule has 64 heavy (non-hydrogen) atoms. The van der Waals surface area contributed by atoms with E-state index in [9.17, 15) is 0 Å². The lowest BCUT2D eigenvalue weighted by atomic mass is 9.81. The number of nitrogens with zero attached hydrogens (tertiary/aromatic N) is 8. The van der Waals surface area contributed by atoms with Crippen LogP contribution in [-0.4, -0.2) is 116 Å². The molecule has 2 aliphatic rings. The fourth-order valence-electron chi connectivity index (χ4n) is 8.88. The smallest absolute Gasteiger partial charge is 0.323 e. The molecule has 0 aliphatic carbocycles. The number of ether oxygens (including phenoxy) is 4. The number of aliphatic imine (C=N–C) groups is 2. The van der Waals surface area contributed by atoms with Gasteiger partial charge in [0.2, 0.25) is 11.9 Å². The van der Waals surface area contributed by atoms with Crippen LogP contribution in [-0.2, 0) is 9.47 Å². The summed E-state index contributed by atoms with van der Waals surface area (Å²) in [6, 6.07) is 0.435. The third-order valence-electron chi connectivity index (χ3n) is 10.9. The summed E-state index contributed by atoms with van der Waals surface area (Å²) in [7, 11) is 0. The number of piperidine rings is 2. The molecular weight excluding hydrogens is 809 g/mol. The molecule has 0 radical (unpaired) electrons. The Bertz CT molecular complexity index is 1590. The Morgan fingerprint density at radius 1 is 0.531 bits per heavy atom. The van der Waals surface area contributed by atoms with Gasteiger partial charge in [0, 0.05) is 60.9 Å². The van der Waals surface area contributed by atoms with Crippen LogP contribution >= 0.6 is 0 Å². The van der Waals surface area contributed by atoms with E-state index in [0.717, 1.165) is 129 Å². The van der Waals surface area contributed by atoms with Crippen LogP contribution in [0.25, 0.3) is 0 Å². The average molecular weight is 891 g/mol. The normalized spacial score (nSPS) is 18.3. The van der Waals surface area contributed by atoms with Crippen LogP contribution in [0.4, 0.5) is 23.8 Å². The first-order valence-corrected chi connectivity index (χ1v) is 23.9. The number of nitrogens with one attached hydrogen (secondary N) is 4. The Morgan fingerprint density at radius 3 is 1.28 bits per heavy atom. The highest BCUT2D eigenvalue weighted by Gasteiger charge is 2.39. The largest absolute Gasteiger partial charge is 0.459 e. The molecule has 0 bridgehead atoms. The van der Waals surface area contributed by atoms with Gasteiger partial charge in [0.05, 0.1) is 12.2 Å². The SMILES string of the molecule is C=CCOc1nc(N=CCCCCC=Nc2nc(NCCCCCCOC3CC(C)(C)NC(C)(C)C3)nc(OCC=C)n2)nc(NCCCCCCOC2CC(C)(C)NC(C)(C)C2)n1. The van der Waals surface area contributed by atoms with Gasteiger partial charge in [0.15, 0.2) is 0 Å². The minimum absolute atomic E-state index is 0.0986. The molecule has 2 saturated heterocycles. The van der Waals surface area contributed by atoms with Crippen molar-refractivity contribution >= 4 is 36.2 Å². The van der Waals surface area contributed by atoms with Crippen molar-refractivity contribution in [3.8, 4) is 12.0 Å². The monoisotopic (exact) mass is 891 g/mol. The van der Waals surface area contributed by atoms with Crippen LogP contribution in [0.3, 0.4) is 0 Å². The van der Waals surface area contributed by atoms with E-state index >= 15 is 0 Å². The molecule has 0 saturated carbocycles. The lowest BCUT2D eigenvalue weighted by Gasteiger charge is -2.46. The van der Waals surface area contributed by atoms with Gasteiger partial charge in [0.1, 0.15) is 13.2 Å². The summed E-state index contributed by atoms with van der Waals surface area (Å²) in [5.74, 6) is 1.51. The Morgan fingerprint density at radius 2 is 0.906 bits per heavy atom. The predicted octanol–water partition coefficient (Wildman–Crippen LogP) is 9.45. The highest BCUT2D eigenvalue weighted by Crippen LogP contribution is 2.32. The molecule has 4 heterocycles. The quantitative estimate of drug-likeness (QED) is 0.0318. The van der Waals surface area contributed by atoms with E-state index < -0.39 is 0 Å². The second-order valence-corrected chi connectivity index (χ2v) is 19.9. The van der Waals surface area contributed by atoms with Crippen LogP contribution in [0.1, 0.15) is 158 Å². The molecule has 4 N–H and O–H groups in total. The van der Waals surface area contributed by atoms with Gasteiger partial charge >= 0.3 is 12.0 Å². The number of hydrogen-bond acceptors (Lipinski definition) is 16. The molecular formula is C48H82N12O4. The fraction of sp³-hybridized carbons (Fsp3) is 0.750. The number of anilines is 2. The van der Waals surface area contributed by atoms with E-state index in [-0.39, 0.29) is 34.2 Å². The molecule has 358 valence electrons. The van der Waals surface area contributed by atoms with Crippen molar-refractivity contribution < 1.29 is 18.9 Å². The highest BCUT2D eigenvalue weighted by molar-refractivity contribution is 5.62. The maximum atomic E-state index is 6.28. The van der Waals surface area contributed by atoms with Gasteiger partial charge < -0.3 is 40.2 Å². The van der Waals surface area contributed by atoms with Gasteiger partial charge in [-0.3, -0.25) is 0 Å². The van der Waals surface area contributed by atoms with Crippen LogP contribution in [0.5, 0.6) is 12.0 Å². The van der Waals surface area contributed by atoms with Crippen molar-refractivity contribution in [2.75, 3.05) is 50.2 Å². The molecule has 0 amide bonds. The Kier molecular flexibility index (Phi) is 21.9. The van der Waals surface area contributed by atoms with Gasteiger partial charge in [-0.2, -0.15) is 29.9 Å². The van der Waals surface area contributed by atoms with Crippen molar-refractivity contribution in [3.05, 3.63) is 25.3 Å². The predicted molar refractivity (Wildman–Crippen MR) is 260 cm³/mol. The molecule has 2 aromatic rings. The fourth-order valence-corrected chi connectivity index (χ4v) is 8.88. The van der Waals surface area contributed by atoms with Crippen molar-refractivity contribution in [3.63, 3.8) is 0 Å². The minimum Gasteiger partial charge on any atom is -0.459 e. The Hall–Kier alpha value is -4.12. The van der Waals surface area contributed by atoms with Gasteiger partial charge in [-0.15, -0.1) is 0 Å². The summed E-state index contributed by atoms with van der Waals surface area (Å²) in [6.45, 7) is 29.2. The summed E-state index contributed by atoms with van der Waals surface area (Å²) in [4.78, 5) is 35.6. The van der Waals surface area contributed by atoms with E-state index in [1.807, 2.05) is 12.4 Å². The zero-order chi connectivity index (χ0) is 46.3. The maximum Gasteiger partial charge on any atom is 0.323 e. The third-order valence-corrected chi connectivity index (χ3v) is 10.9. The second-order valence-electron chi connectivity index (χ2n) is 19.9. The van der Waals surface area contributed by atoms with Crippen molar-refractivity contribution in [2.24, 2.45) is 9.98 Å². The van der Waals surface area contributed by atoms with Crippen LogP contribution < -0.4 is 30.7 Å². The van der Waals surface area contributed by atoms with Crippen LogP contribution in [0.15, 0.2) is 35.3 Å². The number of rotatable bonds is 31. The second kappa shape index (κ2) is 26.7. The molecule has 2 fully saturated rings. The Balaban J connectivity index is 1.12. The first-order valence-electron chi connectivity index (χ1n) is 23.9. The van der Waals surface area contributed by atoms with E-state index in [4.69, 9.17) is 18.9 Å². The highest BCUT2D eigenvalue weighted by atomic mass is 16.5. The lowest BCUT2D eigenvalue weighted by Crippen LogP contribution is -2.59. The molecule has 16 nitrogen and oxygen atoms in total. The summed E-state index contributed by atoms with van der Waals surface area (Å²) in [5, 5.41) is 14.1.